The Bertz CT molecular complexity index is 497. The van der Waals surface area contributed by atoms with Crippen LogP contribution in [0.1, 0.15) is 44.0 Å². The summed E-state index contributed by atoms with van der Waals surface area (Å²) < 4.78 is 16.8. The zero-order chi connectivity index (χ0) is 15.1. The second-order valence-corrected chi connectivity index (χ2v) is 6.09. The number of esters is 1. The molecule has 7 heteroatoms. The van der Waals surface area contributed by atoms with Crippen LogP contribution in [0.15, 0.2) is 17.2 Å². The van der Waals surface area contributed by atoms with Gasteiger partial charge in [-0.2, -0.15) is 0 Å². The Hall–Kier alpha value is -0.430. The third kappa shape index (κ3) is 6.46. The number of carbonyl (C=O) groups excluding carboxylic acids is 1. The van der Waals surface area contributed by atoms with Crippen LogP contribution in [0.4, 0.5) is 5.82 Å². The molecule has 1 aromatic heterocycles. The summed E-state index contributed by atoms with van der Waals surface area (Å²) in [6.45, 7) is 6.04. The number of ether oxygens (including phenoxy) is 1. The molecule has 1 rings (SSSR count). The molecule has 1 unspecified atom stereocenters. The Kier molecular flexibility index (Phi) is 10.1. The Morgan fingerprint density at radius 2 is 2.10 bits per heavy atom. The fourth-order valence-electron chi connectivity index (χ4n) is 1.58. The molecule has 1 radical (unpaired) electrons. The first-order chi connectivity index (χ1) is 9.51. The minimum Gasteiger partial charge on any atom is -0.465 e. The van der Waals surface area contributed by atoms with Crippen LogP contribution in [-0.4, -0.2) is 63.6 Å². The Morgan fingerprint density at radius 1 is 1.43 bits per heavy atom. The molecule has 0 aliphatic rings. The van der Waals surface area contributed by atoms with E-state index in [2.05, 4.69) is 17.2 Å². The number of nitrogens with zero attached hydrogens (tertiary/aromatic N) is 1. The summed E-state index contributed by atoms with van der Waals surface area (Å²) in [5.41, 5.74) is 0.368. The second kappa shape index (κ2) is 10.3. The van der Waals surface area contributed by atoms with E-state index in [9.17, 15) is 9.00 Å². The van der Waals surface area contributed by atoms with Gasteiger partial charge in [-0.3, -0.25) is 4.21 Å². The van der Waals surface area contributed by atoms with Crippen LogP contribution in [-0.2, 0) is 15.5 Å². The van der Waals surface area contributed by atoms with Crippen molar-refractivity contribution in [3.8, 4) is 0 Å². The summed E-state index contributed by atoms with van der Waals surface area (Å²) >= 11 is 0. The van der Waals surface area contributed by atoms with E-state index in [-0.39, 0.29) is 35.6 Å². The molecular formula is C14H22N2NaO3S. The smallest absolute Gasteiger partial charge is 0.338 e. The van der Waals surface area contributed by atoms with Crippen molar-refractivity contribution in [2.24, 2.45) is 0 Å². The van der Waals surface area contributed by atoms with Crippen molar-refractivity contribution in [3.05, 3.63) is 17.7 Å². The summed E-state index contributed by atoms with van der Waals surface area (Å²) in [6.07, 6.45) is 1.72. The first kappa shape index (κ1) is 20.6. The number of pyridine rings is 1. The average Bonchev–Trinajstić information content (AvgIpc) is 2.46. The summed E-state index contributed by atoms with van der Waals surface area (Å²) in [6, 6.07) is 3.40. The molecule has 0 bridgehead atoms. The number of hydrogen-bond acceptors (Lipinski definition) is 5. The predicted molar refractivity (Wildman–Crippen MR) is 86.3 cm³/mol. The molecule has 0 amide bonds. The minimum absolute atomic E-state index is 0. The van der Waals surface area contributed by atoms with Crippen molar-refractivity contribution in [2.45, 2.75) is 44.7 Å². The van der Waals surface area contributed by atoms with Gasteiger partial charge in [-0.1, -0.05) is 13.8 Å². The van der Waals surface area contributed by atoms with Crippen molar-refractivity contribution < 1.29 is 13.7 Å². The van der Waals surface area contributed by atoms with Gasteiger partial charge in [0.25, 0.3) is 0 Å². The van der Waals surface area contributed by atoms with Crippen LogP contribution < -0.4 is 5.32 Å². The van der Waals surface area contributed by atoms with Crippen LogP contribution in [0.25, 0.3) is 0 Å². The fraction of sp³-hybridized carbons (Fsp3) is 0.571. The van der Waals surface area contributed by atoms with Crippen LogP contribution in [0.2, 0.25) is 0 Å². The van der Waals surface area contributed by atoms with E-state index in [1.54, 1.807) is 12.1 Å². The molecule has 113 valence electrons. The van der Waals surface area contributed by atoms with E-state index in [4.69, 9.17) is 4.74 Å². The van der Waals surface area contributed by atoms with Crippen LogP contribution in [0, 0.1) is 0 Å². The number of anilines is 1. The van der Waals surface area contributed by atoms with Crippen molar-refractivity contribution in [1.82, 2.24) is 4.98 Å². The molecule has 1 aromatic rings. The quantitative estimate of drug-likeness (QED) is 0.616. The number of methoxy groups -OCH3 is 1. The van der Waals surface area contributed by atoms with Gasteiger partial charge in [-0.25, -0.2) is 9.78 Å². The van der Waals surface area contributed by atoms with E-state index in [0.717, 1.165) is 12.8 Å². The van der Waals surface area contributed by atoms with Gasteiger partial charge in [0, 0.05) is 41.4 Å². The van der Waals surface area contributed by atoms with Crippen LogP contribution in [0.5, 0.6) is 0 Å². The maximum atomic E-state index is 12.1. The molecule has 0 saturated carbocycles. The molecule has 0 aliphatic carbocycles. The number of nitrogens with one attached hydrogen (secondary N) is 1. The van der Waals surface area contributed by atoms with E-state index < -0.39 is 16.8 Å². The van der Waals surface area contributed by atoms with Crippen LogP contribution >= 0.6 is 0 Å². The molecule has 0 aromatic carbocycles. The van der Waals surface area contributed by atoms with Gasteiger partial charge < -0.3 is 10.1 Å². The van der Waals surface area contributed by atoms with Gasteiger partial charge in [-0.15, -0.1) is 0 Å². The molecule has 0 spiro atoms. The van der Waals surface area contributed by atoms with Gasteiger partial charge in [0.1, 0.15) is 10.8 Å². The summed E-state index contributed by atoms with van der Waals surface area (Å²) in [5.74, 6) is 0.636. The second-order valence-electron chi connectivity index (χ2n) is 4.57. The SMILES string of the molecule is CCC[S@](=O)c1cc(C(=O)OC)cc(NC(C)CC)n1.[Na]. The first-order valence-electron chi connectivity index (χ1n) is 6.77. The van der Waals surface area contributed by atoms with Gasteiger partial charge in [-0.05, 0) is 31.9 Å². The van der Waals surface area contributed by atoms with E-state index in [1.165, 1.54) is 7.11 Å². The van der Waals surface area contributed by atoms with Gasteiger partial charge in [0.15, 0.2) is 0 Å². The van der Waals surface area contributed by atoms with Gasteiger partial charge in [0.2, 0.25) is 0 Å². The van der Waals surface area contributed by atoms with Crippen molar-refractivity contribution in [3.63, 3.8) is 0 Å². The fourth-order valence-corrected chi connectivity index (χ4v) is 2.61. The van der Waals surface area contributed by atoms with Gasteiger partial charge >= 0.3 is 5.97 Å². The third-order valence-electron chi connectivity index (χ3n) is 2.85. The molecular weight excluding hydrogens is 299 g/mol. The summed E-state index contributed by atoms with van der Waals surface area (Å²) in [7, 11) is 0.128. The predicted octanol–water partition coefficient (Wildman–Crippen LogP) is 2.22. The average molecular weight is 321 g/mol. The molecule has 0 saturated heterocycles. The first-order valence-corrected chi connectivity index (χ1v) is 8.09. The topological polar surface area (TPSA) is 68.3 Å². The Morgan fingerprint density at radius 3 is 2.62 bits per heavy atom. The number of carbonyl (C=O) groups is 1. The monoisotopic (exact) mass is 321 g/mol. The van der Waals surface area contributed by atoms with Crippen molar-refractivity contribution in [1.29, 1.82) is 0 Å². The Balaban J connectivity index is 0.00000400. The summed E-state index contributed by atoms with van der Waals surface area (Å²) in [5, 5.41) is 3.61. The zero-order valence-electron chi connectivity index (χ0n) is 13.4. The number of hydrogen-bond donors (Lipinski definition) is 1. The molecule has 2 atom stereocenters. The molecule has 5 nitrogen and oxygen atoms in total. The van der Waals surface area contributed by atoms with E-state index >= 15 is 0 Å². The number of rotatable bonds is 7. The standard InChI is InChI=1S/C14H22N2O3S.Na/c1-5-7-20(18)13-9-11(14(17)19-4)8-12(16-13)15-10(3)6-2;/h8-10H,5-7H2,1-4H3,(H,15,16);/t10?,20-;/m0./s1. The molecule has 0 aliphatic heterocycles. The largest absolute Gasteiger partial charge is 0.465 e. The van der Waals surface area contributed by atoms with Crippen LogP contribution in [0.3, 0.4) is 0 Å². The van der Waals surface area contributed by atoms with Crippen molar-refractivity contribution >= 4 is 52.1 Å². The Labute approximate surface area is 151 Å². The zero-order valence-corrected chi connectivity index (χ0v) is 16.3. The maximum Gasteiger partial charge on any atom is 0.338 e. The normalized spacial score (nSPS) is 13.0. The molecule has 21 heavy (non-hydrogen) atoms. The van der Waals surface area contributed by atoms with Crippen molar-refractivity contribution in [2.75, 3.05) is 18.2 Å². The van der Waals surface area contributed by atoms with E-state index in [0.29, 0.717) is 22.2 Å². The number of aromatic nitrogens is 1. The summed E-state index contributed by atoms with van der Waals surface area (Å²) in [4.78, 5) is 16.0. The molecule has 1 N–H and O–H groups in total. The van der Waals surface area contributed by atoms with Gasteiger partial charge in [0.05, 0.1) is 23.5 Å². The maximum absolute atomic E-state index is 12.1. The van der Waals surface area contributed by atoms with E-state index in [1.807, 2.05) is 13.8 Å². The minimum atomic E-state index is -1.20. The molecule has 1 heterocycles. The molecule has 0 fully saturated rings. The third-order valence-corrected chi connectivity index (χ3v) is 4.31.